The van der Waals surface area contributed by atoms with Crippen LogP contribution in [0.5, 0.6) is 0 Å². The van der Waals surface area contributed by atoms with Gasteiger partial charge < -0.3 is 5.32 Å². The fourth-order valence-electron chi connectivity index (χ4n) is 1.42. The molecule has 1 unspecified atom stereocenters. The molecule has 0 aliphatic heterocycles. The molecule has 0 fully saturated rings. The van der Waals surface area contributed by atoms with Crippen molar-refractivity contribution in [3.63, 3.8) is 0 Å². The number of anilines is 1. The Morgan fingerprint density at radius 2 is 2.11 bits per heavy atom. The molecule has 7 heteroatoms. The molecule has 2 N–H and O–H groups in total. The van der Waals surface area contributed by atoms with E-state index in [1.54, 1.807) is 6.92 Å². The Kier molecular flexibility index (Phi) is 6.03. The quantitative estimate of drug-likeness (QED) is 0.761. The molecule has 4 nitrogen and oxygen atoms in total. The number of benzene rings is 1. The van der Waals surface area contributed by atoms with Crippen LogP contribution in [0.25, 0.3) is 0 Å². The average molecular weight is 309 g/mol. The van der Waals surface area contributed by atoms with E-state index in [1.165, 1.54) is 12.1 Å². The van der Waals surface area contributed by atoms with Gasteiger partial charge in [-0.2, -0.15) is 0 Å². The van der Waals surface area contributed by atoms with E-state index >= 15 is 0 Å². The number of sulfonamides is 1. The van der Waals surface area contributed by atoms with E-state index in [2.05, 4.69) is 10.0 Å². The monoisotopic (exact) mass is 308 g/mol. The first-order valence-electron chi connectivity index (χ1n) is 6.04. The van der Waals surface area contributed by atoms with E-state index in [0.29, 0.717) is 6.54 Å². The summed E-state index contributed by atoms with van der Waals surface area (Å²) in [7, 11) is -3.60. The van der Waals surface area contributed by atoms with Crippen molar-refractivity contribution in [3.05, 3.63) is 29.0 Å². The summed E-state index contributed by atoms with van der Waals surface area (Å²) in [4.78, 5) is 0. The maximum atomic E-state index is 13.1. The Morgan fingerprint density at radius 1 is 1.42 bits per heavy atom. The number of nitrogens with one attached hydrogen (secondary N) is 2. The maximum absolute atomic E-state index is 13.1. The topological polar surface area (TPSA) is 58.2 Å². The molecular weight excluding hydrogens is 291 g/mol. The van der Waals surface area contributed by atoms with Crippen LogP contribution in [0.3, 0.4) is 0 Å². The van der Waals surface area contributed by atoms with Gasteiger partial charge in [-0.15, -0.1) is 0 Å². The molecule has 0 saturated carbocycles. The van der Waals surface area contributed by atoms with E-state index in [-0.39, 0.29) is 10.7 Å². The lowest BCUT2D eigenvalue weighted by molar-refractivity contribution is 0.575. The summed E-state index contributed by atoms with van der Waals surface area (Å²) >= 11 is 5.82. The average Bonchev–Trinajstić information content (AvgIpc) is 2.33. The SMILES string of the molecule is CCCNCC(C)S(=O)(=O)Nc1cc(F)ccc1Cl. The third-order valence-electron chi connectivity index (χ3n) is 2.57. The van der Waals surface area contributed by atoms with Crippen LogP contribution in [0.15, 0.2) is 18.2 Å². The molecule has 19 heavy (non-hydrogen) atoms. The van der Waals surface area contributed by atoms with Crippen molar-refractivity contribution in [2.45, 2.75) is 25.5 Å². The first-order valence-corrected chi connectivity index (χ1v) is 7.96. The highest BCUT2D eigenvalue weighted by atomic mass is 35.5. The maximum Gasteiger partial charge on any atom is 0.236 e. The molecule has 108 valence electrons. The minimum Gasteiger partial charge on any atom is -0.315 e. The summed E-state index contributed by atoms with van der Waals surface area (Å²) in [5.41, 5.74) is 0.0593. The molecule has 0 spiro atoms. The zero-order valence-corrected chi connectivity index (χ0v) is 12.5. The highest BCUT2D eigenvalue weighted by molar-refractivity contribution is 7.93. The summed E-state index contributed by atoms with van der Waals surface area (Å²) in [5, 5.41) is 2.55. The Hall–Kier alpha value is -0.850. The zero-order valence-electron chi connectivity index (χ0n) is 10.9. The van der Waals surface area contributed by atoms with Crippen molar-refractivity contribution in [1.29, 1.82) is 0 Å². The second-order valence-corrected chi connectivity index (χ2v) is 6.79. The van der Waals surface area contributed by atoms with Crippen molar-refractivity contribution < 1.29 is 12.8 Å². The van der Waals surface area contributed by atoms with E-state index in [0.717, 1.165) is 19.0 Å². The third-order valence-corrected chi connectivity index (χ3v) is 4.63. The van der Waals surface area contributed by atoms with Crippen molar-refractivity contribution in [2.75, 3.05) is 17.8 Å². The van der Waals surface area contributed by atoms with E-state index < -0.39 is 21.1 Å². The van der Waals surface area contributed by atoms with Gasteiger partial charge in [0.1, 0.15) is 5.82 Å². The summed E-state index contributed by atoms with van der Waals surface area (Å²) in [5.74, 6) is -0.543. The van der Waals surface area contributed by atoms with Gasteiger partial charge in [0.15, 0.2) is 0 Å². The molecule has 1 aromatic rings. The van der Waals surface area contributed by atoms with Gasteiger partial charge in [-0.05, 0) is 38.1 Å². The Bertz CT molecular complexity index is 522. The molecule has 0 amide bonds. The highest BCUT2D eigenvalue weighted by Gasteiger charge is 2.21. The molecule has 0 aromatic heterocycles. The minimum atomic E-state index is -3.60. The van der Waals surface area contributed by atoms with Crippen molar-refractivity contribution in [3.8, 4) is 0 Å². The van der Waals surface area contributed by atoms with E-state index in [9.17, 15) is 12.8 Å². The smallest absolute Gasteiger partial charge is 0.236 e. The molecule has 1 atom stereocenters. The zero-order chi connectivity index (χ0) is 14.5. The number of hydrogen-bond acceptors (Lipinski definition) is 3. The lowest BCUT2D eigenvalue weighted by atomic mass is 10.3. The Morgan fingerprint density at radius 3 is 2.74 bits per heavy atom. The van der Waals surface area contributed by atoms with Crippen LogP contribution in [-0.4, -0.2) is 26.8 Å². The standard InChI is InChI=1S/C12H18ClFN2O2S/c1-3-6-15-8-9(2)19(17,18)16-12-7-10(14)4-5-11(12)13/h4-5,7,9,15-16H,3,6,8H2,1-2H3. The van der Waals surface area contributed by atoms with Crippen LogP contribution >= 0.6 is 11.6 Å². The van der Waals surface area contributed by atoms with E-state index in [1.807, 2.05) is 6.92 Å². The highest BCUT2D eigenvalue weighted by Crippen LogP contribution is 2.24. The van der Waals surface area contributed by atoms with Crippen LogP contribution in [0.4, 0.5) is 10.1 Å². The van der Waals surface area contributed by atoms with Gasteiger partial charge in [0.05, 0.1) is 16.0 Å². The fraction of sp³-hybridized carbons (Fsp3) is 0.500. The molecule has 0 bridgehead atoms. The van der Waals surface area contributed by atoms with Crippen molar-refractivity contribution >= 4 is 27.3 Å². The summed E-state index contributed by atoms with van der Waals surface area (Å²) in [6, 6.07) is 3.55. The first-order chi connectivity index (χ1) is 8.86. The van der Waals surface area contributed by atoms with Gasteiger partial charge >= 0.3 is 0 Å². The summed E-state index contributed by atoms with van der Waals surface area (Å²) < 4.78 is 39.4. The molecule has 0 aliphatic rings. The van der Waals surface area contributed by atoms with Gasteiger partial charge in [0.2, 0.25) is 10.0 Å². The molecule has 0 heterocycles. The second kappa shape index (κ2) is 7.07. The largest absolute Gasteiger partial charge is 0.315 e. The predicted molar refractivity (Wildman–Crippen MR) is 76.6 cm³/mol. The number of halogens is 2. The molecule has 1 rings (SSSR count). The summed E-state index contributed by atoms with van der Waals surface area (Å²) in [6.45, 7) is 4.66. The second-order valence-electron chi connectivity index (χ2n) is 4.29. The van der Waals surface area contributed by atoms with Gasteiger partial charge in [-0.1, -0.05) is 18.5 Å². The van der Waals surface area contributed by atoms with Gasteiger partial charge in [-0.25, -0.2) is 12.8 Å². The first kappa shape index (κ1) is 16.2. The van der Waals surface area contributed by atoms with Crippen LogP contribution in [0, 0.1) is 5.82 Å². The molecular formula is C12H18ClFN2O2S. The van der Waals surface area contributed by atoms with Gasteiger partial charge in [-0.3, -0.25) is 4.72 Å². The lowest BCUT2D eigenvalue weighted by Crippen LogP contribution is -2.35. The molecule has 0 saturated heterocycles. The lowest BCUT2D eigenvalue weighted by Gasteiger charge is -2.16. The van der Waals surface area contributed by atoms with Crippen LogP contribution in [-0.2, 0) is 10.0 Å². The van der Waals surface area contributed by atoms with E-state index in [4.69, 9.17) is 11.6 Å². The minimum absolute atomic E-state index is 0.0593. The van der Waals surface area contributed by atoms with Gasteiger partial charge in [0.25, 0.3) is 0 Å². The molecule has 1 aromatic carbocycles. The number of hydrogen-bond donors (Lipinski definition) is 2. The molecule has 0 radical (unpaired) electrons. The normalized spacial score (nSPS) is 13.3. The van der Waals surface area contributed by atoms with Crippen LogP contribution < -0.4 is 10.0 Å². The Labute approximate surface area is 118 Å². The fourth-order valence-corrected chi connectivity index (χ4v) is 2.66. The summed E-state index contributed by atoms with van der Waals surface area (Å²) in [6.07, 6.45) is 0.927. The van der Waals surface area contributed by atoms with Gasteiger partial charge in [0, 0.05) is 6.54 Å². The van der Waals surface area contributed by atoms with Crippen LogP contribution in [0.1, 0.15) is 20.3 Å². The van der Waals surface area contributed by atoms with Crippen molar-refractivity contribution in [1.82, 2.24) is 5.32 Å². The number of rotatable bonds is 7. The molecule has 0 aliphatic carbocycles. The van der Waals surface area contributed by atoms with Crippen molar-refractivity contribution in [2.24, 2.45) is 0 Å². The van der Waals surface area contributed by atoms with Crippen LogP contribution in [0.2, 0.25) is 5.02 Å². The third kappa shape index (κ3) is 4.97. The Balaban J connectivity index is 2.75. The predicted octanol–water partition coefficient (Wildman–Crippen LogP) is 2.61.